The van der Waals surface area contributed by atoms with Crippen molar-refractivity contribution in [3.63, 3.8) is 0 Å². The highest BCUT2D eigenvalue weighted by molar-refractivity contribution is 5.76. The Balaban J connectivity index is 1.89. The van der Waals surface area contributed by atoms with E-state index in [1.807, 2.05) is 0 Å². The predicted octanol–water partition coefficient (Wildman–Crippen LogP) is 1.67. The van der Waals surface area contributed by atoms with Gasteiger partial charge in [-0.3, -0.25) is 4.79 Å². The van der Waals surface area contributed by atoms with Crippen LogP contribution < -0.4 is 10.6 Å². The third-order valence-corrected chi connectivity index (χ3v) is 3.56. The summed E-state index contributed by atoms with van der Waals surface area (Å²) in [5, 5.41) is 6.40. The first-order chi connectivity index (χ1) is 8.16. The lowest BCUT2D eigenvalue weighted by Gasteiger charge is -2.24. The lowest BCUT2D eigenvalue weighted by molar-refractivity contribution is -0.122. The van der Waals surface area contributed by atoms with Crippen LogP contribution in [-0.2, 0) is 11.3 Å². The summed E-state index contributed by atoms with van der Waals surface area (Å²) in [4.78, 5) is 11.0. The van der Waals surface area contributed by atoms with E-state index in [1.165, 1.54) is 16.7 Å². The summed E-state index contributed by atoms with van der Waals surface area (Å²) < 4.78 is 0. The highest BCUT2D eigenvalue weighted by atomic mass is 16.1. The second-order valence-electron chi connectivity index (χ2n) is 4.78. The number of piperidine rings is 1. The van der Waals surface area contributed by atoms with E-state index in [4.69, 9.17) is 0 Å². The lowest BCUT2D eigenvalue weighted by atomic mass is 10.0. The Kier molecular flexibility index (Phi) is 3.79. The first-order valence-electron chi connectivity index (χ1n) is 6.22. The van der Waals surface area contributed by atoms with Gasteiger partial charge in [0.2, 0.25) is 5.91 Å². The van der Waals surface area contributed by atoms with Crippen LogP contribution in [0.25, 0.3) is 0 Å². The number of amides is 1. The number of carbonyl (C=O) groups is 1. The summed E-state index contributed by atoms with van der Waals surface area (Å²) in [6, 6.07) is 6.81. The second-order valence-corrected chi connectivity index (χ2v) is 4.78. The molecule has 3 heteroatoms. The van der Waals surface area contributed by atoms with Gasteiger partial charge in [0.25, 0.3) is 0 Å². The first-order valence-corrected chi connectivity index (χ1v) is 6.22. The molecule has 0 saturated carbocycles. The average Bonchev–Trinajstić information content (AvgIpc) is 2.33. The molecule has 1 aliphatic rings. The highest BCUT2D eigenvalue weighted by Crippen LogP contribution is 2.13. The number of rotatable bonds is 3. The SMILES string of the molecule is Cc1cccc(CNC2CCC(=O)NC2)c1C. The summed E-state index contributed by atoms with van der Waals surface area (Å²) in [7, 11) is 0. The topological polar surface area (TPSA) is 41.1 Å². The molecule has 0 radical (unpaired) electrons. The molecule has 2 N–H and O–H groups in total. The van der Waals surface area contributed by atoms with Gasteiger partial charge >= 0.3 is 0 Å². The molecule has 0 spiro atoms. The van der Waals surface area contributed by atoms with E-state index in [0.29, 0.717) is 12.5 Å². The third-order valence-electron chi connectivity index (χ3n) is 3.56. The highest BCUT2D eigenvalue weighted by Gasteiger charge is 2.17. The summed E-state index contributed by atoms with van der Waals surface area (Å²) in [5.41, 5.74) is 4.04. The van der Waals surface area contributed by atoms with Crippen molar-refractivity contribution in [2.75, 3.05) is 6.54 Å². The van der Waals surface area contributed by atoms with Crippen molar-refractivity contribution in [1.82, 2.24) is 10.6 Å². The number of nitrogens with one attached hydrogen (secondary N) is 2. The van der Waals surface area contributed by atoms with Crippen LogP contribution in [0.4, 0.5) is 0 Å². The number of hydrogen-bond donors (Lipinski definition) is 2. The van der Waals surface area contributed by atoms with Crippen molar-refractivity contribution in [2.24, 2.45) is 0 Å². The van der Waals surface area contributed by atoms with Gasteiger partial charge in [0.1, 0.15) is 0 Å². The molecule has 1 heterocycles. The van der Waals surface area contributed by atoms with Crippen LogP contribution in [0.3, 0.4) is 0 Å². The van der Waals surface area contributed by atoms with Crippen LogP contribution in [0.1, 0.15) is 29.5 Å². The molecule has 3 nitrogen and oxygen atoms in total. The minimum atomic E-state index is 0.176. The Hall–Kier alpha value is -1.35. The van der Waals surface area contributed by atoms with Crippen LogP contribution in [0.15, 0.2) is 18.2 Å². The quantitative estimate of drug-likeness (QED) is 0.832. The Morgan fingerprint density at radius 2 is 2.24 bits per heavy atom. The molecule has 0 aromatic heterocycles. The Morgan fingerprint density at radius 3 is 2.94 bits per heavy atom. The fraction of sp³-hybridized carbons (Fsp3) is 0.500. The van der Waals surface area contributed by atoms with E-state index in [1.54, 1.807) is 0 Å². The van der Waals surface area contributed by atoms with E-state index >= 15 is 0 Å². The van der Waals surface area contributed by atoms with Crippen LogP contribution in [0.2, 0.25) is 0 Å². The molecule has 1 unspecified atom stereocenters. The molecule has 1 fully saturated rings. The first kappa shape index (κ1) is 12.1. The minimum absolute atomic E-state index is 0.176. The number of carbonyl (C=O) groups excluding carboxylic acids is 1. The molecule has 92 valence electrons. The average molecular weight is 232 g/mol. The minimum Gasteiger partial charge on any atom is -0.355 e. The molecule has 1 aliphatic heterocycles. The van der Waals surface area contributed by atoms with Crippen LogP contribution in [-0.4, -0.2) is 18.5 Å². The zero-order valence-electron chi connectivity index (χ0n) is 10.5. The molecule has 0 bridgehead atoms. The molecule has 1 aromatic rings. The van der Waals surface area contributed by atoms with Gasteiger partial charge < -0.3 is 10.6 Å². The molecule has 1 amide bonds. The summed E-state index contributed by atoms with van der Waals surface area (Å²) in [5.74, 6) is 0.176. The van der Waals surface area contributed by atoms with E-state index in [2.05, 4.69) is 42.7 Å². The van der Waals surface area contributed by atoms with Gasteiger partial charge in [-0.05, 0) is 37.0 Å². The largest absolute Gasteiger partial charge is 0.355 e. The predicted molar refractivity (Wildman–Crippen MR) is 68.8 cm³/mol. The summed E-state index contributed by atoms with van der Waals surface area (Å²) in [6.07, 6.45) is 1.58. The van der Waals surface area contributed by atoms with Gasteiger partial charge in [-0.1, -0.05) is 18.2 Å². The number of hydrogen-bond acceptors (Lipinski definition) is 2. The fourth-order valence-corrected chi connectivity index (χ4v) is 2.16. The van der Waals surface area contributed by atoms with E-state index in [-0.39, 0.29) is 5.91 Å². The monoisotopic (exact) mass is 232 g/mol. The molecule has 17 heavy (non-hydrogen) atoms. The van der Waals surface area contributed by atoms with Gasteiger partial charge in [-0.2, -0.15) is 0 Å². The Bertz CT molecular complexity index is 405. The van der Waals surface area contributed by atoms with Crippen molar-refractivity contribution in [3.8, 4) is 0 Å². The smallest absolute Gasteiger partial charge is 0.220 e. The molecule has 1 aromatic carbocycles. The fourth-order valence-electron chi connectivity index (χ4n) is 2.16. The van der Waals surface area contributed by atoms with Crippen LogP contribution >= 0.6 is 0 Å². The number of benzene rings is 1. The maximum atomic E-state index is 11.0. The van der Waals surface area contributed by atoms with Crippen molar-refractivity contribution in [2.45, 2.75) is 39.3 Å². The van der Waals surface area contributed by atoms with Crippen molar-refractivity contribution in [3.05, 3.63) is 34.9 Å². The van der Waals surface area contributed by atoms with Gasteiger partial charge in [-0.15, -0.1) is 0 Å². The zero-order chi connectivity index (χ0) is 12.3. The second kappa shape index (κ2) is 5.32. The molecule has 2 rings (SSSR count). The van der Waals surface area contributed by atoms with Crippen molar-refractivity contribution < 1.29 is 4.79 Å². The molecular weight excluding hydrogens is 212 g/mol. The molecule has 1 atom stereocenters. The summed E-state index contributed by atoms with van der Waals surface area (Å²) in [6.45, 7) is 5.94. The standard InChI is InChI=1S/C14H20N2O/c1-10-4-3-5-12(11(10)2)8-15-13-6-7-14(17)16-9-13/h3-5,13,15H,6-9H2,1-2H3,(H,16,17). The summed E-state index contributed by atoms with van der Waals surface area (Å²) >= 11 is 0. The van der Waals surface area contributed by atoms with Gasteiger partial charge in [0.05, 0.1) is 0 Å². The van der Waals surface area contributed by atoms with E-state index in [9.17, 15) is 4.79 Å². The van der Waals surface area contributed by atoms with Crippen molar-refractivity contribution in [1.29, 1.82) is 0 Å². The maximum Gasteiger partial charge on any atom is 0.220 e. The maximum absolute atomic E-state index is 11.0. The van der Waals surface area contributed by atoms with E-state index in [0.717, 1.165) is 19.5 Å². The van der Waals surface area contributed by atoms with Crippen LogP contribution in [0.5, 0.6) is 0 Å². The molecular formula is C14H20N2O. The zero-order valence-corrected chi connectivity index (χ0v) is 10.5. The Morgan fingerprint density at radius 1 is 1.41 bits per heavy atom. The lowest BCUT2D eigenvalue weighted by Crippen LogP contribution is -2.45. The molecule has 1 saturated heterocycles. The molecule has 0 aliphatic carbocycles. The van der Waals surface area contributed by atoms with E-state index < -0.39 is 0 Å². The van der Waals surface area contributed by atoms with Crippen LogP contribution in [0, 0.1) is 13.8 Å². The van der Waals surface area contributed by atoms with Gasteiger partial charge in [0.15, 0.2) is 0 Å². The normalized spacial score (nSPS) is 20.1. The van der Waals surface area contributed by atoms with Crippen molar-refractivity contribution >= 4 is 5.91 Å². The Labute approximate surface area is 103 Å². The van der Waals surface area contributed by atoms with Gasteiger partial charge in [-0.25, -0.2) is 0 Å². The third kappa shape index (κ3) is 3.07. The number of aryl methyl sites for hydroxylation is 1. The van der Waals surface area contributed by atoms with Gasteiger partial charge in [0, 0.05) is 25.6 Å².